The molecule has 2 atom stereocenters. The van der Waals surface area contributed by atoms with Crippen molar-refractivity contribution in [2.75, 3.05) is 14.1 Å². The SMILES string of the molecule is CCCCC(N)(c1ccc(Cl)cc1)C(C)N(C)C. The second-order valence-electron chi connectivity index (χ2n) is 5.29. The number of nitrogens with zero attached hydrogens (tertiary/aromatic N) is 1. The van der Waals surface area contributed by atoms with Crippen molar-refractivity contribution in [3.63, 3.8) is 0 Å². The number of halogens is 1. The molecule has 102 valence electrons. The van der Waals surface area contributed by atoms with E-state index >= 15 is 0 Å². The van der Waals surface area contributed by atoms with E-state index in [0.717, 1.165) is 24.3 Å². The number of benzene rings is 1. The van der Waals surface area contributed by atoms with E-state index in [9.17, 15) is 0 Å². The maximum Gasteiger partial charge on any atom is 0.0564 e. The van der Waals surface area contributed by atoms with Gasteiger partial charge in [0.25, 0.3) is 0 Å². The van der Waals surface area contributed by atoms with Crippen molar-refractivity contribution in [3.05, 3.63) is 34.9 Å². The summed E-state index contributed by atoms with van der Waals surface area (Å²) in [6.07, 6.45) is 3.29. The Hall–Kier alpha value is -0.570. The first-order chi connectivity index (χ1) is 8.41. The molecule has 0 amide bonds. The van der Waals surface area contributed by atoms with Gasteiger partial charge in [0.15, 0.2) is 0 Å². The van der Waals surface area contributed by atoms with Crippen LogP contribution in [0.25, 0.3) is 0 Å². The third-order valence-corrected chi connectivity index (χ3v) is 4.10. The van der Waals surface area contributed by atoms with Crippen LogP contribution in [0, 0.1) is 0 Å². The maximum absolute atomic E-state index is 6.72. The number of rotatable bonds is 6. The van der Waals surface area contributed by atoms with E-state index in [-0.39, 0.29) is 11.6 Å². The van der Waals surface area contributed by atoms with E-state index < -0.39 is 0 Å². The first-order valence-corrected chi connectivity index (χ1v) is 7.01. The number of unbranched alkanes of at least 4 members (excludes halogenated alkanes) is 1. The van der Waals surface area contributed by atoms with Crippen molar-refractivity contribution >= 4 is 11.6 Å². The fourth-order valence-electron chi connectivity index (χ4n) is 2.28. The monoisotopic (exact) mass is 268 g/mol. The van der Waals surface area contributed by atoms with E-state index in [1.54, 1.807) is 0 Å². The van der Waals surface area contributed by atoms with Crippen LogP contribution in [0.1, 0.15) is 38.7 Å². The second kappa shape index (κ2) is 6.55. The average molecular weight is 269 g/mol. The van der Waals surface area contributed by atoms with Gasteiger partial charge in [-0.25, -0.2) is 0 Å². The van der Waals surface area contributed by atoms with Crippen LogP contribution in [0.5, 0.6) is 0 Å². The number of nitrogens with two attached hydrogens (primary N) is 1. The largest absolute Gasteiger partial charge is 0.320 e. The molecule has 2 unspecified atom stereocenters. The van der Waals surface area contributed by atoms with Crippen molar-refractivity contribution < 1.29 is 0 Å². The lowest BCUT2D eigenvalue weighted by molar-refractivity contribution is 0.179. The Kier molecular flexibility index (Phi) is 5.64. The summed E-state index contributed by atoms with van der Waals surface area (Å²) in [5.74, 6) is 0. The van der Waals surface area contributed by atoms with Gasteiger partial charge in [-0.05, 0) is 45.1 Å². The number of hydrogen-bond acceptors (Lipinski definition) is 2. The van der Waals surface area contributed by atoms with Crippen molar-refractivity contribution in [3.8, 4) is 0 Å². The molecule has 1 aromatic carbocycles. The fourth-order valence-corrected chi connectivity index (χ4v) is 2.41. The summed E-state index contributed by atoms with van der Waals surface area (Å²) in [4.78, 5) is 2.18. The van der Waals surface area contributed by atoms with Crippen LogP contribution >= 0.6 is 11.6 Å². The van der Waals surface area contributed by atoms with Crippen LogP contribution in [-0.2, 0) is 5.54 Å². The Morgan fingerprint density at radius 3 is 2.28 bits per heavy atom. The Morgan fingerprint density at radius 1 is 1.28 bits per heavy atom. The summed E-state index contributed by atoms with van der Waals surface area (Å²) in [7, 11) is 4.16. The summed E-state index contributed by atoms with van der Waals surface area (Å²) >= 11 is 5.96. The van der Waals surface area contributed by atoms with Crippen LogP contribution < -0.4 is 5.73 Å². The summed E-state index contributed by atoms with van der Waals surface area (Å²) in [6.45, 7) is 4.38. The number of hydrogen-bond donors (Lipinski definition) is 1. The maximum atomic E-state index is 6.72. The highest BCUT2D eigenvalue weighted by molar-refractivity contribution is 6.30. The minimum atomic E-state index is -0.315. The van der Waals surface area contributed by atoms with E-state index in [0.29, 0.717) is 0 Å². The predicted molar refractivity (Wildman–Crippen MR) is 80.0 cm³/mol. The zero-order valence-corrected chi connectivity index (χ0v) is 12.7. The van der Waals surface area contributed by atoms with Gasteiger partial charge in [0.1, 0.15) is 0 Å². The second-order valence-corrected chi connectivity index (χ2v) is 5.73. The first-order valence-electron chi connectivity index (χ1n) is 6.63. The summed E-state index contributed by atoms with van der Waals surface area (Å²) in [6, 6.07) is 8.24. The van der Waals surface area contributed by atoms with Gasteiger partial charge < -0.3 is 10.6 Å². The molecule has 0 aliphatic carbocycles. The molecule has 0 saturated heterocycles. The van der Waals surface area contributed by atoms with Gasteiger partial charge in [-0.2, -0.15) is 0 Å². The molecule has 0 bridgehead atoms. The van der Waals surface area contributed by atoms with E-state index in [1.165, 1.54) is 5.56 Å². The van der Waals surface area contributed by atoms with Gasteiger partial charge in [-0.3, -0.25) is 0 Å². The molecule has 0 fully saturated rings. The zero-order valence-electron chi connectivity index (χ0n) is 11.9. The zero-order chi connectivity index (χ0) is 13.8. The lowest BCUT2D eigenvalue weighted by Crippen LogP contribution is -2.52. The third-order valence-electron chi connectivity index (χ3n) is 3.85. The molecule has 0 saturated carbocycles. The molecule has 0 heterocycles. The molecular formula is C15H25ClN2. The van der Waals surface area contributed by atoms with Gasteiger partial charge in [-0.15, -0.1) is 0 Å². The van der Waals surface area contributed by atoms with Crippen molar-refractivity contribution in [1.82, 2.24) is 4.90 Å². The fraction of sp³-hybridized carbons (Fsp3) is 0.600. The van der Waals surface area contributed by atoms with Crippen LogP contribution in [-0.4, -0.2) is 25.0 Å². The van der Waals surface area contributed by atoms with Crippen LogP contribution in [0.3, 0.4) is 0 Å². The highest BCUT2D eigenvalue weighted by Gasteiger charge is 2.34. The van der Waals surface area contributed by atoms with Gasteiger partial charge in [0.05, 0.1) is 5.54 Å². The lowest BCUT2D eigenvalue weighted by Gasteiger charge is -2.40. The van der Waals surface area contributed by atoms with Gasteiger partial charge >= 0.3 is 0 Å². The van der Waals surface area contributed by atoms with E-state index in [1.807, 2.05) is 12.1 Å². The van der Waals surface area contributed by atoms with E-state index in [4.69, 9.17) is 17.3 Å². The van der Waals surface area contributed by atoms with Crippen molar-refractivity contribution in [2.24, 2.45) is 5.73 Å². The number of likely N-dealkylation sites (N-methyl/N-ethyl adjacent to an activating group) is 1. The predicted octanol–water partition coefficient (Wildman–Crippen LogP) is 3.63. The average Bonchev–Trinajstić information content (AvgIpc) is 2.35. The highest BCUT2D eigenvalue weighted by Crippen LogP contribution is 2.31. The Balaban J connectivity index is 3.06. The molecule has 2 N–H and O–H groups in total. The van der Waals surface area contributed by atoms with Crippen LogP contribution in [0.2, 0.25) is 5.02 Å². The molecule has 0 spiro atoms. The van der Waals surface area contributed by atoms with Gasteiger partial charge in [0.2, 0.25) is 0 Å². The lowest BCUT2D eigenvalue weighted by atomic mass is 9.79. The normalized spacial score (nSPS) is 16.6. The summed E-state index contributed by atoms with van der Waals surface area (Å²) in [5, 5.41) is 0.758. The minimum absolute atomic E-state index is 0.283. The van der Waals surface area contributed by atoms with Crippen molar-refractivity contribution in [2.45, 2.75) is 44.7 Å². The summed E-state index contributed by atoms with van der Waals surface area (Å²) < 4.78 is 0. The van der Waals surface area contributed by atoms with Crippen LogP contribution in [0.15, 0.2) is 24.3 Å². The Morgan fingerprint density at radius 2 is 1.83 bits per heavy atom. The van der Waals surface area contributed by atoms with Crippen LogP contribution in [0.4, 0.5) is 0 Å². The van der Waals surface area contributed by atoms with E-state index in [2.05, 4.69) is 45.0 Å². The molecule has 1 aromatic rings. The first kappa shape index (κ1) is 15.5. The smallest absolute Gasteiger partial charge is 0.0564 e. The minimum Gasteiger partial charge on any atom is -0.320 e. The summed E-state index contributed by atoms with van der Waals surface area (Å²) in [5.41, 5.74) is 7.57. The molecule has 18 heavy (non-hydrogen) atoms. The van der Waals surface area contributed by atoms with Gasteiger partial charge in [-0.1, -0.05) is 43.5 Å². The molecule has 0 aliphatic rings. The standard InChI is InChI=1S/C15H25ClN2/c1-5-6-11-15(17,12(2)18(3)4)13-7-9-14(16)10-8-13/h7-10,12H,5-6,11,17H2,1-4H3. The topological polar surface area (TPSA) is 29.3 Å². The van der Waals surface area contributed by atoms with Gasteiger partial charge in [0, 0.05) is 11.1 Å². The Labute approximate surface area is 116 Å². The molecule has 2 nitrogen and oxygen atoms in total. The molecule has 0 aliphatic heterocycles. The molecule has 1 rings (SSSR count). The molecule has 3 heteroatoms. The van der Waals surface area contributed by atoms with Crippen molar-refractivity contribution in [1.29, 1.82) is 0 Å². The highest BCUT2D eigenvalue weighted by atomic mass is 35.5. The third kappa shape index (κ3) is 3.47. The quantitative estimate of drug-likeness (QED) is 0.854. The Bertz CT molecular complexity index is 361. The molecule has 0 radical (unpaired) electrons. The molecular weight excluding hydrogens is 244 g/mol. The molecule has 0 aromatic heterocycles.